The second kappa shape index (κ2) is 16.2. The Labute approximate surface area is 287 Å². The summed E-state index contributed by atoms with van der Waals surface area (Å²) in [6.45, 7) is 9.44. The highest BCUT2D eigenvalue weighted by Crippen LogP contribution is 2.28. The number of pyridine rings is 1. The fraction of sp³-hybridized carbons (Fsp3) is 0.132. The van der Waals surface area contributed by atoms with Gasteiger partial charge in [0.15, 0.2) is 0 Å². The fourth-order valence-electron chi connectivity index (χ4n) is 4.49. The van der Waals surface area contributed by atoms with Gasteiger partial charge in [0.2, 0.25) is 0 Å². The Hall–Kier alpha value is -6.00. The maximum Gasteiger partial charge on any atom is 0.347 e. The van der Waals surface area contributed by atoms with Crippen LogP contribution in [0.1, 0.15) is 58.9 Å². The molecule has 10 nitrogen and oxygen atoms in total. The number of nitrogens with zero attached hydrogens (tertiary/aromatic N) is 1. The van der Waals surface area contributed by atoms with E-state index in [0.717, 1.165) is 22.3 Å². The number of aryl methyl sites for hydroxylation is 5. The van der Waals surface area contributed by atoms with Crippen molar-refractivity contribution in [3.05, 3.63) is 141 Å². The van der Waals surface area contributed by atoms with Gasteiger partial charge in [-0.25, -0.2) is 14.4 Å². The zero-order valence-electron chi connectivity index (χ0n) is 27.3. The van der Waals surface area contributed by atoms with Gasteiger partial charge in [0.05, 0.1) is 16.8 Å². The number of phenols is 1. The highest BCUT2D eigenvalue weighted by Gasteiger charge is 2.22. The number of ether oxygens (including phenoxy) is 4. The van der Waals surface area contributed by atoms with Gasteiger partial charge < -0.3 is 24.1 Å². The third-order valence-corrected chi connectivity index (χ3v) is 7.17. The minimum absolute atomic E-state index is 0.00970. The van der Waals surface area contributed by atoms with Crippen LogP contribution in [0, 0.1) is 34.6 Å². The number of hydrogen-bond donors (Lipinski definition) is 1. The molecule has 0 spiro atoms. The van der Waals surface area contributed by atoms with E-state index < -0.39 is 17.9 Å². The van der Waals surface area contributed by atoms with Crippen LogP contribution in [0.3, 0.4) is 0 Å². The number of hydrogen-bond acceptors (Lipinski definition) is 10. The molecule has 0 saturated carbocycles. The molecule has 0 fully saturated rings. The van der Waals surface area contributed by atoms with Crippen LogP contribution in [0.15, 0.2) is 91.3 Å². The summed E-state index contributed by atoms with van der Waals surface area (Å²) in [6, 6.07) is 20.9. The van der Waals surface area contributed by atoms with Crippen molar-refractivity contribution in [1.29, 1.82) is 0 Å². The van der Waals surface area contributed by atoms with Crippen LogP contribution in [0.5, 0.6) is 28.7 Å². The van der Waals surface area contributed by atoms with E-state index in [4.69, 9.17) is 25.8 Å². The predicted octanol–water partition coefficient (Wildman–Crippen LogP) is 7.86. The number of carbonyl (C=O) groups excluding carboxylic acids is 4. The van der Waals surface area contributed by atoms with Crippen molar-refractivity contribution in [3.8, 4) is 28.7 Å². The van der Waals surface area contributed by atoms with Gasteiger partial charge in [-0.2, -0.15) is 0 Å². The Bertz CT molecular complexity index is 2040. The van der Waals surface area contributed by atoms with Crippen LogP contribution in [0.2, 0.25) is 5.02 Å². The third-order valence-electron chi connectivity index (χ3n) is 6.97. The lowest BCUT2D eigenvalue weighted by Gasteiger charge is -2.13. The zero-order chi connectivity index (χ0) is 35.7. The third kappa shape index (κ3) is 9.75. The normalized spacial score (nSPS) is 10.2. The quantitative estimate of drug-likeness (QED) is 0.0978. The number of rotatable bonds is 8. The van der Waals surface area contributed by atoms with Crippen molar-refractivity contribution < 1.29 is 43.2 Å². The molecule has 1 N–H and O–H groups in total. The number of carbonyl (C=O) groups is 4. The molecule has 0 amide bonds. The summed E-state index contributed by atoms with van der Waals surface area (Å²) >= 11 is 5.52. The van der Waals surface area contributed by atoms with Crippen LogP contribution in [0.4, 0.5) is 0 Å². The average molecular weight is 682 g/mol. The second-order valence-corrected chi connectivity index (χ2v) is 11.4. The summed E-state index contributed by atoms with van der Waals surface area (Å²) in [5.41, 5.74) is 4.24. The molecule has 5 aromatic rings. The molecule has 5 rings (SSSR count). The first kappa shape index (κ1) is 35.8. The first-order valence-corrected chi connectivity index (χ1v) is 15.2. The van der Waals surface area contributed by atoms with Crippen molar-refractivity contribution in [2.75, 3.05) is 0 Å². The number of phenolic OH excluding ortho intramolecular Hbond substituents is 1. The van der Waals surface area contributed by atoms with Crippen molar-refractivity contribution in [2.45, 2.75) is 34.6 Å². The summed E-state index contributed by atoms with van der Waals surface area (Å²) in [7, 11) is 0. The molecule has 0 aliphatic carbocycles. The smallest absolute Gasteiger partial charge is 0.347 e. The van der Waals surface area contributed by atoms with E-state index in [1.807, 2.05) is 26.0 Å². The molecule has 0 bridgehead atoms. The minimum Gasteiger partial charge on any atom is -0.507 e. The fourth-order valence-corrected chi connectivity index (χ4v) is 4.65. The molecule has 11 heteroatoms. The number of aromatic hydroxyl groups is 1. The zero-order valence-corrected chi connectivity index (χ0v) is 28.0. The first-order chi connectivity index (χ1) is 23.3. The summed E-state index contributed by atoms with van der Waals surface area (Å²) in [5.74, 6) is -1.54. The molecule has 1 aromatic heterocycles. The lowest BCUT2D eigenvalue weighted by molar-refractivity contribution is -0.120. The number of esters is 3. The van der Waals surface area contributed by atoms with Gasteiger partial charge >= 0.3 is 17.9 Å². The lowest BCUT2D eigenvalue weighted by atomic mass is 10.1. The van der Waals surface area contributed by atoms with Crippen LogP contribution in [0.25, 0.3) is 0 Å². The van der Waals surface area contributed by atoms with E-state index in [-0.39, 0.29) is 33.9 Å². The van der Waals surface area contributed by atoms with E-state index in [2.05, 4.69) is 9.72 Å². The van der Waals surface area contributed by atoms with Crippen LogP contribution in [-0.4, -0.2) is 34.5 Å². The Balaban J connectivity index is 0.000000463. The maximum absolute atomic E-state index is 13.2. The predicted molar refractivity (Wildman–Crippen MR) is 182 cm³/mol. The summed E-state index contributed by atoms with van der Waals surface area (Å²) < 4.78 is 21.1. The number of halogens is 1. The monoisotopic (exact) mass is 681 g/mol. The SMILES string of the molecule is Cc1ccc(OC(=O)c2cc(OC(=O)c3cc(C)ccc3OC(=O)c3cc(C)ccc3O)ccc2C)c(C)c1.O=COc1cncc(Cl)c1. The molecule has 0 radical (unpaired) electrons. The van der Waals surface area contributed by atoms with E-state index in [9.17, 15) is 24.3 Å². The van der Waals surface area contributed by atoms with Gasteiger partial charge in [-0.1, -0.05) is 53.1 Å². The highest BCUT2D eigenvalue weighted by atomic mass is 35.5. The van der Waals surface area contributed by atoms with Crippen LogP contribution < -0.4 is 18.9 Å². The number of aromatic nitrogens is 1. The first-order valence-electron chi connectivity index (χ1n) is 14.8. The maximum atomic E-state index is 13.2. The summed E-state index contributed by atoms with van der Waals surface area (Å²) in [6.07, 6.45) is 2.86. The molecule has 0 saturated heterocycles. The van der Waals surface area contributed by atoms with Gasteiger partial charge in [0.1, 0.15) is 39.9 Å². The van der Waals surface area contributed by atoms with Crippen molar-refractivity contribution >= 4 is 36.0 Å². The van der Waals surface area contributed by atoms with E-state index in [0.29, 0.717) is 28.6 Å². The van der Waals surface area contributed by atoms with Crippen LogP contribution >= 0.6 is 11.6 Å². The largest absolute Gasteiger partial charge is 0.507 e. The molecule has 0 unspecified atom stereocenters. The van der Waals surface area contributed by atoms with Crippen molar-refractivity contribution in [2.24, 2.45) is 0 Å². The molecule has 49 heavy (non-hydrogen) atoms. The van der Waals surface area contributed by atoms with Gasteiger partial charge in [0.25, 0.3) is 6.47 Å². The average Bonchev–Trinajstić information content (AvgIpc) is 3.05. The second-order valence-electron chi connectivity index (χ2n) is 11.0. The van der Waals surface area contributed by atoms with E-state index >= 15 is 0 Å². The Morgan fingerprint density at radius 2 is 1.20 bits per heavy atom. The summed E-state index contributed by atoms with van der Waals surface area (Å²) in [4.78, 5) is 52.4. The van der Waals surface area contributed by atoms with Gasteiger partial charge in [-0.3, -0.25) is 9.78 Å². The molecule has 1 heterocycles. The van der Waals surface area contributed by atoms with E-state index in [1.54, 1.807) is 51.1 Å². The minimum atomic E-state index is -0.819. The standard InChI is InChI=1S/C32H28O7.C6H4ClNO2/c1-18-7-12-28(22(5)14-18)38-30(34)24-17-23(10-9-21(24)4)37-32(36)26-16-20(3)8-13-29(26)39-31(35)25-15-19(2)6-11-27(25)33;7-5-1-6(10-4-9)3-8-2-5/h6-17,33H,1-5H3;1-4H. The van der Waals surface area contributed by atoms with E-state index in [1.165, 1.54) is 48.8 Å². The molecule has 250 valence electrons. The van der Waals surface area contributed by atoms with Crippen molar-refractivity contribution in [1.82, 2.24) is 4.98 Å². The Kier molecular flexibility index (Phi) is 11.9. The molecular weight excluding hydrogens is 650 g/mol. The van der Waals surface area contributed by atoms with Crippen molar-refractivity contribution in [3.63, 3.8) is 0 Å². The lowest BCUT2D eigenvalue weighted by Crippen LogP contribution is -2.16. The Morgan fingerprint density at radius 1 is 0.612 bits per heavy atom. The Morgan fingerprint density at radius 3 is 1.88 bits per heavy atom. The number of benzene rings is 4. The highest BCUT2D eigenvalue weighted by molar-refractivity contribution is 6.30. The molecule has 0 aliphatic heterocycles. The topological polar surface area (TPSA) is 138 Å². The molecular formula is C38H32ClNO9. The summed E-state index contributed by atoms with van der Waals surface area (Å²) in [5, 5.41) is 10.5. The molecule has 4 aromatic carbocycles. The van der Waals surface area contributed by atoms with Gasteiger partial charge in [-0.15, -0.1) is 0 Å². The molecule has 0 aliphatic rings. The van der Waals surface area contributed by atoms with Crippen LogP contribution in [-0.2, 0) is 4.79 Å². The van der Waals surface area contributed by atoms with Gasteiger partial charge in [0, 0.05) is 12.3 Å². The molecule has 0 atom stereocenters. The van der Waals surface area contributed by atoms with Gasteiger partial charge in [-0.05, 0) is 93.8 Å².